The molecule has 2 N–H and O–H groups in total. The van der Waals surface area contributed by atoms with Gasteiger partial charge < -0.3 is 10.4 Å². The number of aromatic nitrogens is 1. The number of nitrogens with one attached hydrogen (secondary N) is 1. The van der Waals surface area contributed by atoms with Gasteiger partial charge in [-0.3, -0.25) is 0 Å². The second kappa shape index (κ2) is 4.16. The number of rotatable bonds is 2. The van der Waals surface area contributed by atoms with Crippen molar-refractivity contribution in [2.45, 2.75) is 18.9 Å². The zero-order chi connectivity index (χ0) is 10.8. The summed E-state index contributed by atoms with van der Waals surface area (Å²) in [4.78, 5) is 14.7. The molecule has 0 bridgehead atoms. The van der Waals surface area contributed by atoms with Crippen molar-refractivity contribution < 1.29 is 9.90 Å². The molecule has 1 aromatic rings. The average Bonchev–Trinajstić information content (AvgIpc) is 2.71. The van der Waals surface area contributed by atoms with Gasteiger partial charge in [-0.2, -0.15) is 0 Å². The molecule has 5 heteroatoms. The van der Waals surface area contributed by atoms with Crippen molar-refractivity contribution in [2.24, 2.45) is 0 Å². The molecule has 0 saturated carbocycles. The van der Waals surface area contributed by atoms with E-state index in [0.29, 0.717) is 0 Å². The lowest BCUT2D eigenvalue weighted by molar-refractivity contribution is 0.0696. The Morgan fingerprint density at radius 1 is 1.67 bits per heavy atom. The van der Waals surface area contributed by atoms with E-state index >= 15 is 0 Å². The van der Waals surface area contributed by atoms with Crippen LogP contribution in [0.3, 0.4) is 0 Å². The number of carbonyl (C=O) groups is 1. The summed E-state index contributed by atoms with van der Waals surface area (Å²) in [5, 5.41) is 12.2. The lowest BCUT2D eigenvalue weighted by atomic mass is 10.1. The molecule has 0 aliphatic carbocycles. The van der Waals surface area contributed by atoms with Crippen LogP contribution in [0.25, 0.3) is 0 Å². The number of nitrogens with zero attached hydrogens (tertiary/aromatic N) is 1. The summed E-state index contributed by atoms with van der Waals surface area (Å²) in [5.41, 5.74) is 0.970. The molecule has 0 spiro atoms. The van der Waals surface area contributed by atoms with E-state index in [4.69, 9.17) is 16.7 Å². The molecule has 80 valence electrons. The Hall–Kier alpha value is -1.13. The first-order valence-corrected chi connectivity index (χ1v) is 5.18. The summed E-state index contributed by atoms with van der Waals surface area (Å²) >= 11 is 5.69. The molecule has 15 heavy (non-hydrogen) atoms. The molecule has 1 unspecified atom stereocenters. The largest absolute Gasteiger partial charge is 0.478 e. The molecule has 1 aliphatic rings. The molecular weight excluding hydrogens is 216 g/mol. The lowest BCUT2D eigenvalue weighted by Crippen LogP contribution is -2.14. The van der Waals surface area contributed by atoms with Gasteiger partial charge in [0.2, 0.25) is 0 Å². The normalized spacial score (nSPS) is 20.5. The predicted octanol–water partition coefficient (Wildman–Crippen LogP) is 1.86. The van der Waals surface area contributed by atoms with Gasteiger partial charge in [-0.25, -0.2) is 9.78 Å². The molecule has 1 aliphatic heterocycles. The van der Waals surface area contributed by atoms with Crippen LogP contribution in [0.4, 0.5) is 0 Å². The maximum absolute atomic E-state index is 10.8. The molecule has 0 amide bonds. The minimum atomic E-state index is -1.03. The molecule has 1 fully saturated rings. The maximum Gasteiger partial charge on any atom is 0.338 e. The van der Waals surface area contributed by atoms with Crippen LogP contribution in [-0.4, -0.2) is 22.6 Å². The molecule has 0 radical (unpaired) electrons. The summed E-state index contributed by atoms with van der Waals surface area (Å²) in [6, 6.07) is 1.81. The monoisotopic (exact) mass is 226 g/mol. The Morgan fingerprint density at radius 2 is 2.47 bits per heavy atom. The topological polar surface area (TPSA) is 62.2 Å². The van der Waals surface area contributed by atoms with Gasteiger partial charge in [-0.1, -0.05) is 11.6 Å². The van der Waals surface area contributed by atoms with Crippen molar-refractivity contribution in [1.29, 1.82) is 0 Å². The van der Waals surface area contributed by atoms with E-state index in [9.17, 15) is 4.79 Å². The smallest absolute Gasteiger partial charge is 0.338 e. The highest BCUT2D eigenvalue weighted by atomic mass is 35.5. The van der Waals surface area contributed by atoms with Crippen molar-refractivity contribution in [3.63, 3.8) is 0 Å². The van der Waals surface area contributed by atoms with Gasteiger partial charge in [0.25, 0.3) is 0 Å². The Morgan fingerprint density at radius 3 is 3.07 bits per heavy atom. The van der Waals surface area contributed by atoms with Crippen LogP contribution in [0.1, 0.15) is 34.8 Å². The molecule has 4 nitrogen and oxygen atoms in total. The number of hydrogen-bond acceptors (Lipinski definition) is 3. The number of carboxylic acid groups (broad SMARTS) is 1. The summed E-state index contributed by atoms with van der Waals surface area (Å²) in [6.45, 7) is 0.968. The van der Waals surface area contributed by atoms with E-state index in [1.807, 2.05) is 0 Å². The lowest BCUT2D eigenvalue weighted by Gasteiger charge is -2.10. The fourth-order valence-corrected chi connectivity index (χ4v) is 1.96. The quantitative estimate of drug-likeness (QED) is 0.756. The van der Waals surface area contributed by atoms with Crippen molar-refractivity contribution in [1.82, 2.24) is 10.3 Å². The summed E-state index contributed by atoms with van der Waals surface area (Å²) < 4.78 is 0. The number of halogens is 1. The predicted molar refractivity (Wildman–Crippen MR) is 56.2 cm³/mol. The molecule has 2 heterocycles. The standard InChI is InChI=1S/C10H11ClN2O2/c11-9-7(10(14)15)4-6(5-13-9)8-2-1-3-12-8/h4-5,8,12H,1-3H2,(H,14,15). The minimum absolute atomic E-state index is 0.0456. The number of aromatic carboxylic acids is 1. The van der Waals surface area contributed by atoms with Crippen molar-refractivity contribution >= 4 is 17.6 Å². The maximum atomic E-state index is 10.8. The van der Waals surface area contributed by atoms with Gasteiger partial charge >= 0.3 is 5.97 Å². The van der Waals surface area contributed by atoms with Crippen LogP contribution in [0.2, 0.25) is 5.15 Å². The summed E-state index contributed by atoms with van der Waals surface area (Å²) in [7, 11) is 0. The fraction of sp³-hybridized carbons (Fsp3) is 0.400. The highest BCUT2D eigenvalue weighted by molar-refractivity contribution is 6.32. The van der Waals surface area contributed by atoms with Gasteiger partial charge in [0.05, 0.1) is 5.56 Å². The first kappa shape index (κ1) is 10.4. The minimum Gasteiger partial charge on any atom is -0.478 e. The van der Waals surface area contributed by atoms with Gasteiger partial charge in [-0.05, 0) is 31.0 Å². The number of hydrogen-bond donors (Lipinski definition) is 2. The van der Waals surface area contributed by atoms with Crippen LogP contribution in [0, 0.1) is 0 Å². The highest BCUT2D eigenvalue weighted by Gasteiger charge is 2.19. The summed E-state index contributed by atoms with van der Waals surface area (Å²) in [5.74, 6) is -1.03. The third-order valence-corrected chi connectivity index (χ3v) is 2.85. The van der Waals surface area contributed by atoms with Crippen LogP contribution in [0.15, 0.2) is 12.3 Å². The van der Waals surface area contributed by atoms with Crippen LogP contribution in [-0.2, 0) is 0 Å². The third kappa shape index (κ3) is 2.11. The van der Waals surface area contributed by atoms with Crippen molar-refractivity contribution in [3.05, 3.63) is 28.5 Å². The van der Waals surface area contributed by atoms with E-state index in [0.717, 1.165) is 24.9 Å². The number of pyridine rings is 1. The Kier molecular flexibility index (Phi) is 2.88. The van der Waals surface area contributed by atoms with Gasteiger partial charge in [0, 0.05) is 12.2 Å². The number of carboxylic acids is 1. The summed E-state index contributed by atoms with van der Waals surface area (Å²) in [6.07, 6.45) is 3.76. The average molecular weight is 227 g/mol. The Balaban J connectivity index is 2.33. The first-order chi connectivity index (χ1) is 7.18. The van der Waals surface area contributed by atoms with E-state index < -0.39 is 5.97 Å². The molecule has 1 saturated heterocycles. The molecule has 0 aromatic carbocycles. The van der Waals surface area contributed by atoms with E-state index in [1.54, 1.807) is 12.3 Å². The van der Waals surface area contributed by atoms with Crippen LogP contribution in [0.5, 0.6) is 0 Å². The fourth-order valence-electron chi connectivity index (χ4n) is 1.77. The SMILES string of the molecule is O=C(O)c1cc(C2CCCN2)cnc1Cl. The van der Waals surface area contributed by atoms with Gasteiger partial charge in [0.1, 0.15) is 5.15 Å². The molecular formula is C10H11ClN2O2. The first-order valence-electron chi connectivity index (χ1n) is 4.80. The van der Waals surface area contributed by atoms with E-state index in [-0.39, 0.29) is 16.8 Å². The zero-order valence-electron chi connectivity index (χ0n) is 8.03. The van der Waals surface area contributed by atoms with Crippen LogP contribution >= 0.6 is 11.6 Å². The third-order valence-electron chi connectivity index (χ3n) is 2.55. The van der Waals surface area contributed by atoms with Crippen molar-refractivity contribution in [2.75, 3.05) is 6.54 Å². The van der Waals surface area contributed by atoms with Crippen molar-refractivity contribution in [3.8, 4) is 0 Å². The zero-order valence-corrected chi connectivity index (χ0v) is 8.79. The molecule has 1 aromatic heterocycles. The second-order valence-electron chi connectivity index (χ2n) is 3.56. The van der Waals surface area contributed by atoms with Crippen LogP contribution < -0.4 is 5.32 Å². The molecule has 1 atom stereocenters. The second-order valence-corrected chi connectivity index (χ2v) is 3.92. The van der Waals surface area contributed by atoms with E-state index in [1.165, 1.54) is 0 Å². The highest BCUT2D eigenvalue weighted by Crippen LogP contribution is 2.25. The molecule has 2 rings (SSSR count). The van der Waals surface area contributed by atoms with Gasteiger partial charge in [0.15, 0.2) is 0 Å². The Bertz CT molecular complexity index is 389. The van der Waals surface area contributed by atoms with E-state index in [2.05, 4.69) is 10.3 Å². The van der Waals surface area contributed by atoms with Gasteiger partial charge in [-0.15, -0.1) is 0 Å². The Labute approximate surface area is 92.3 Å².